The topological polar surface area (TPSA) is 111 Å². The van der Waals surface area contributed by atoms with E-state index in [0.717, 1.165) is 6.07 Å². The van der Waals surface area contributed by atoms with Crippen LogP contribution in [0.25, 0.3) is 0 Å². The number of anilines is 2. The van der Waals surface area contributed by atoms with Gasteiger partial charge in [-0.3, -0.25) is 0 Å². The van der Waals surface area contributed by atoms with E-state index >= 15 is 0 Å². The Balaban J connectivity index is 1.60. The van der Waals surface area contributed by atoms with E-state index in [0.29, 0.717) is 12.5 Å². The maximum atomic E-state index is 12.9. The number of fused-ring (bicyclic) bond motifs is 1. The van der Waals surface area contributed by atoms with Gasteiger partial charge >= 0.3 is 6.18 Å². The number of aromatic amines is 1. The number of ether oxygens (including phenoxy) is 3. The largest absolute Gasteiger partial charge is 0.470 e. The number of H-pyrrole nitrogens is 1. The Labute approximate surface area is 158 Å². The Bertz CT molecular complexity index is 858. The summed E-state index contributed by atoms with van der Waals surface area (Å²) in [6, 6.07) is 3.50. The molecule has 3 atom stereocenters. The normalized spacial score (nSPS) is 26.9. The van der Waals surface area contributed by atoms with E-state index in [9.17, 15) is 13.2 Å². The molecule has 9 nitrogen and oxygen atoms in total. The zero-order valence-corrected chi connectivity index (χ0v) is 15.1. The Morgan fingerprint density at radius 1 is 1.25 bits per heavy atom. The van der Waals surface area contributed by atoms with Crippen LogP contribution < -0.4 is 15.4 Å². The van der Waals surface area contributed by atoms with Crippen molar-refractivity contribution >= 4 is 11.9 Å². The fraction of sp³-hybridized carbons (Fsp3) is 0.562. The first-order chi connectivity index (χ1) is 13.1. The minimum Gasteiger partial charge on any atom is -0.470 e. The zero-order valence-electron chi connectivity index (χ0n) is 15.1. The van der Waals surface area contributed by atoms with E-state index in [1.54, 1.807) is 18.7 Å². The zero-order chi connectivity index (χ0) is 20.1. The highest BCUT2D eigenvalue weighted by Gasteiger charge is 2.50. The van der Waals surface area contributed by atoms with Crippen LogP contribution in [0.5, 0.6) is 5.88 Å². The van der Waals surface area contributed by atoms with Crippen molar-refractivity contribution in [1.82, 2.24) is 20.2 Å². The SMILES string of the molecule is CC1(C)O[C@@H]2[C@@H](Oc3cccc(C(F)(F)F)n3)CN(c3n[nH]c(N)n3)C[C@@H]2O1. The van der Waals surface area contributed by atoms with Crippen LogP contribution in [0.15, 0.2) is 18.2 Å². The summed E-state index contributed by atoms with van der Waals surface area (Å²) in [7, 11) is 0. The molecule has 2 saturated heterocycles. The molecular formula is C16H19F3N6O3. The van der Waals surface area contributed by atoms with Crippen molar-refractivity contribution in [2.24, 2.45) is 0 Å². The maximum absolute atomic E-state index is 12.9. The molecule has 2 aliphatic rings. The molecule has 4 rings (SSSR count). The summed E-state index contributed by atoms with van der Waals surface area (Å²) in [5.41, 5.74) is 4.56. The summed E-state index contributed by atoms with van der Waals surface area (Å²) < 4.78 is 56.5. The van der Waals surface area contributed by atoms with Gasteiger partial charge in [0.1, 0.15) is 24.0 Å². The van der Waals surface area contributed by atoms with Crippen molar-refractivity contribution in [3.8, 4) is 5.88 Å². The van der Waals surface area contributed by atoms with Crippen LogP contribution in [0.4, 0.5) is 25.1 Å². The highest BCUT2D eigenvalue weighted by atomic mass is 19.4. The molecule has 28 heavy (non-hydrogen) atoms. The number of aromatic nitrogens is 4. The van der Waals surface area contributed by atoms with Gasteiger partial charge in [-0.25, -0.2) is 10.1 Å². The lowest BCUT2D eigenvalue weighted by Gasteiger charge is -2.37. The van der Waals surface area contributed by atoms with E-state index in [2.05, 4.69) is 20.2 Å². The number of halogens is 3. The minimum atomic E-state index is -4.56. The second-order valence-electron chi connectivity index (χ2n) is 7.08. The van der Waals surface area contributed by atoms with Crippen LogP contribution in [0.3, 0.4) is 0 Å². The average Bonchev–Trinajstić information content (AvgIpc) is 3.16. The van der Waals surface area contributed by atoms with E-state index < -0.39 is 29.9 Å². The summed E-state index contributed by atoms with van der Waals surface area (Å²) in [6.45, 7) is 4.21. The van der Waals surface area contributed by atoms with Crippen molar-refractivity contribution in [2.45, 2.75) is 44.1 Å². The first kappa shape index (κ1) is 18.7. The van der Waals surface area contributed by atoms with Crippen LogP contribution in [0.1, 0.15) is 19.5 Å². The molecule has 0 bridgehead atoms. The van der Waals surface area contributed by atoms with Gasteiger partial charge in [0.05, 0.1) is 13.1 Å². The lowest BCUT2D eigenvalue weighted by molar-refractivity contribution is -0.151. The molecule has 12 heteroatoms. The summed E-state index contributed by atoms with van der Waals surface area (Å²) in [4.78, 5) is 9.44. The number of pyridine rings is 1. The molecular weight excluding hydrogens is 381 g/mol. The van der Waals surface area contributed by atoms with E-state index in [-0.39, 0.29) is 24.5 Å². The van der Waals surface area contributed by atoms with Crippen LogP contribution in [0, 0.1) is 0 Å². The van der Waals surface area contributed by atoms with Crippen LogP contribution in [0.2, 0.25) is 0 Å². The number of nitrogens with one attached hydrogen (secondary N) is 1. The number of hydrogen-bond acceptors (Lipinski definition) is 8. The van der Waals surface area contributed by atoms with Gasteiger partial charge in [-0.1, -0.05) is 6.07 Å². The van der Waals surface area contributed by atoms with Crippen molar-refractivity contribution in [3.05, 3.63) is 23.9 Å². The molecule has 152 valence electrons. The summed E-state index contributed by atoms with van der Waals surface area (Å²) >= 11 is 0. The number of alkyl halides is 3. The summed E-state index contributed by atoms with van der Waals surface area (Å²) in [6.07, 6.45) is -6.10. The highest BCUT2D eigenvalue weighted by molar-refractivity contribution is 5.36. The fourth-order valence-corrected chi connectivity index (χ4v) is 3.40. The fourth-order valence-electron chi connectivity index (χ4n) is 3.40. The smallest absolute Gasteiger partial charge is 0.433 e. The van der Waals surface area contributed by atoms with Gasteiger partial charge in [0, 0.05) is 6.07 Å². The molecule has 3 N–H and O–H groups in total. The highest BCUT2D eigenvalue weighted by Crippen LogP contribution is 2.36. The standard InChI is InChI=1S/C16H19F3N6O3/c1-15(2)27-9-7-25(14-22-13(20)23-24-14)6-8(12(9)28-15)26-11-5-3-4-10(21-11)16(17,18)19/h3-5,8-9,12H,6-7H2,1-2H3,(H3,20,22,23,24)/t8-,9-,12+/m0/s1. The van der Waals surface area contributed by atoms with Crippen LogP contribution in [-0.4, -0.2) is 57.4 Å². The third-order valence-corrected chi connectivity index (χ3v) is 4.45. The molecule has 0 radical (unpaired) electrons. The first-order valence-corrected chi connectivity index (χ1v) is 8.60. The summed E-state index contributed by atoms with van der Waals surface area (Å²) in [5.74, 6) is -0.511. The predicted octanol–water partition coefficient (Wildman–Crippen LogP) is 1.59. The first-order valence-electron chi connectivity index (χ1n) is 8.60. The van der Waals surface area contributed by atoms with Gasteiger partial charge < -0.3 is 24.8 Å². The number of nitrogens with zero attached hydrogens (tertiary/aromatic N) is 4. The molecule has 0 aliphatic carbocycles. The van der Waals surface area contributed by atoms with Crippen molar-refractivity contribution in [1.29, 1.82) is 0 Å². The van der Waals surface area contributed by atoms with Crippen LogP contribution >= 0.6 is 0 Å². The lowest BCUT2D eigenvalue weighted by Crippen LogP contribution is -2.56. The van der Waals surface area contributed by atoms with Crippen molar-refractivity contribution < 1.29 is 27.4 Å². The Kier molecular flexibility index (Phi) is 4.34. The van der Waals surface area contributed by atoms with Gasteiger partial charge in [-0.2, -0.15) is 18.2 Å². The van der Waals surface area contributed by atoms with Crippen molar-refractivity contribution in [2.75, 3.05) is 23.7 Å². The minimum absolute atomic E-state index is 0.150. The van der Waals surface area contributed by atoms with E-state index in [1.165, 1.54) is 12.1 Å². The molecule has 2 aromatic heterocycles. The summed E-state index contributed by atoms with van der Waals surface area (Å²) in [5, 5.41) is 6.58. The number of piperidine rings is 1. The Morgan fingerprint density at radius 3 is 2.71 bits per heavy atom. The Hall–Kier alpha value is -2.60. The third-order valence-electron chi connectivity index (χ3n) is 4.45. The quantitative estimate of drug-likeness (QED) is 0.799. The second kappa shape index (κ2) is 6.48. The van der Waals surface area contributed by atoms with E-state index in [4.69, 9.17) is 19.9 Å². The maximum Gasteiger partial charge on any atom is 0.433 e. The van der Waals surface area contributed by atoms with Crippen molar-refractivity contribution in [3.63, 3.8) is 0 Å². The Morgan fingerprint density at radius 2 is 2.04 bits per heavy atom. The number of nitrogens with two attached hydrogens (primary N) is 1. The molecule has 2 aliphatic heterocycles. The molecule has 0 amide bonds. The number of nitrogen functional groups attached to an aromatic ring is 1. The van der Waals surface area contributed by atoms with Gasteiger partial charge in [0.2, 0.25) is 17.8 Å². The molecule has 0 aromatic carbocycles. The molecule has 0 unspecified atom stereocenters. The predicted molar refractivity (Wildman–Crippen MR) is 90.5 cm³/mol. The van der Waals surface area contributed by atoms with Gasteiger partial charge in [-0.05, 0) is 19.9 Å². The molecule has 0 spiro atoms. The number of hydrogen-bond donors (Lipinski definition) is 2. The monoisotopic (exact) mass is 400 g/mol. The van der Waals surface area contributed by atoms with E-state index in [1.807, 2.05) is 0 Å². The van der Waals surface area contributed by atoms with Gasteiger partial charge in [0.15, 0.2) is 5.79 Å². The molecule has 4 heterocycles. The van der Waals surface area contributed by atoms with Gasteiger partial charge in [0.25, 0.3) is 0 Å². The molecule has 2 aromatic rings. The lowest BCUT2D eigenvalue weighted by atomic mass is 10.0. The van der Waals surface area contributed by atoms with Gasteiger partial charge in [-0.15, -0.1) is 5.10 Å². The average molecular weight is 400 g/mol. The third kappa shape index (κ3) is 3.69. The molecule has 2 fully saturated rings. The second-order valence-corrected chi connectivity index (χ2v) is 7.08. The van der Waals surface area contributed by atoms with Crippen LogP contribution in [-0.2, 0) is 15.7 Å². The molecule has 0 saturated carbocycles. The number of rotatable bonds is 3.